The minimum Gasteiger partial charge on any atom is -0.256 e. The summed E-state index contributed by atoms with van der Waals surface area (Å²) in [7, 11) is 0. The Morgan fingerprint density at radius 2 is 1.85 bits per heavy atom. The minimum absolute atomic E-state index is 0.672. The number of rotatable bonds is 1. The highest BCUT2D eigenvalue weighted by molar-refractivity contribution is 6.31. The molecule has 0 aliphatic carbocycles. The number of fused-ring (bicyclic) bond motifs is 2. The van der Waals surface area contributed by atoms with E-state index in [-0.39, 0.29) is 0 Å². The molecule has 4 aromatic rings. The predicted molar refractivity (Wildman–Crippen MR) is 79.2 cm³/mol. The van der Waals surface area contributed by atoms with Gasteiger partial charge in [0.15, 0.2) is 0 Å². The van der Waals surface area contributed by atoms with Crippen molar-refractivity contribution in [1.29, 1.82) is 0 Å². The zero-order valence-corrected chi connectivity index (χ0v) is 11.1. The Hall–Kier alpha value is -2.46. The zero-order chi connectivity index (χ0) is 13.5. The lowest BCUT2D eigenvalue weighted by Crippen LogP contribution is -1.98. The lowest BCUT2D eigenvalue weighted by atomic mass is 10.2. The van der Waals surface area contributed by atoms with Crippen molar-refractivity contribution in [3.8, 4) is 5.69 Å². The Bertz CT molecular complexity index is 929. The van der Waals surface area contributed by atoms with Crippen LogP contribution >= 0.6 is 11.6 Å². The Kier molecular flexibility index (Phi) is 2.44. The molecule has 2 heterocycles. The van der Waals surface area contributed by atoms with Gasteiger partial charge in [-0.2, -0.15) is 0 Å². The van der Waals surface area contributed by atoms with Gasteiger partial charge >= 0.3 is 0 Å². The van der Waals surface area contributed by atoms with Crippen LogP contribution in [0.4, 0.5) is 0 Å². The SMILES string of the molecule is Clc1ccc2c(-n3nnc4ccccc43)ccnc2c1. The molecular formula is C15H9ClN4. The number of halogens is 1. The lowest BCUT2D eigenvalue weighted by Gasteiger charge is -2.06. The highest BCUT2D eigenvalue weighted by Crippen LogP contribution is 2.25. The molecule has 0 N–H and O–H groups in total. The molecule has 20 heavy (non-hydrogen) atoms. The summed E-state index contributed by atoms with van der Waals surface area (Å²) < 4.78 is 1.83. The van der Waals surface area contributed by atoms with E-state index in [1.54, 1.807) is 6.20 Å². The van der Waals surface area contributed by atoms with E-state index in [9.17, 15) is 0 Å². The molecule has 2 aromatic heterocycles. The van der Waals surface area contributed by atoms with Gasteiger partial charge in [-0.25, -0.2) is 4.68 Å². The maximum atomic E-state index is 6.02. The Morgan fingerprint density at radius 3 is 2.80 bits per heavy atom. The van der Waals surface area contributed by atoms with Crippen LogP contribution in [0.25, 0.3) is 27.6 Å². The summed E-state index contributed by atoms with van der Waals surface area (Å²) in [4.78, 5) is 4.35. The van der Waals surface area contributed by atoms with Crippen molar-refractivity contribution in [2.45, 2.75) is 0 Å². The minimum atomic E-state index is 0.672. The monoisotopic (exact) mass is 280 g/mol. The van der Waals surface area contributed by atoms with Crippen LogP contribution in [-0.4, -0.2) is 20.0 Å². The highest BCUT2D eigenvalue weighted by Gasteiger charge is 2.09. The smallest absolute Gasteiger partial charge is 0.113 e. The second-order valence-corrected chi connectivity index (χ2v) is 4.92. The first kappa shape index (κ1) is 11.4. The largest absolute Gasteiger partial charge is 0.256 e. The van der Waals surface area contributed by atoms with Gasteiger partial charge in [-0.05, 0) is 36.4 Å². The average molecular weight is 281 g/mol. The van der Waals surface area contributed by atoms with Gasteiger partial charge in [-0.3, -0.25) is 4.98 Å². The Morgan fingerprint density at radius 1 is 0.950 bits per heavy atom. The molecule has 4 nitrogen and oxygen atoms in total. The fourth-order valence-electron chi connectivity index (χ4n) is 2.34. The van der Waals surface area contributed by atoms with E-state index >= 15 is 0 Å². The Balaban J connectivity index is 2.07. The third-order valence-corrected chi connectivity index (χ3v) is 3.50. The average Bonchev–Trinajstić information content (AvgIpc) is 2.90. The van der Waals surface area contributed by atoms with Crippen LogP contribution in [0.1, 0.15) is 0 Å². The normalized spacial score (nSPS) is 11.2. The summed E-state index contributed by atoms with van der Waals surface area (Å²) in [5.41, 5.74) is 3.62. The van der Waals surface area contributed by atoms with E-state index in [0.717, 1.165) is 27.6 Å². The molecule has 0 fully saturated rings. The van der Waals surface area contributed by atoms with Gasteiger partial charge in [-0.15, -0.1) is 5.10 Å². The number of nitrogens with zero attached hydrogens (tertiary/aromatic N) is 4. The van der Waals surface area contributed by atoms with Crippen molar-refractivity contribution in [3.05, 3.63) is 59.8 Å². The maximum Gasteiger partial charge on any atom is 0.113 e. The number of para-hydroxylation sites is 1. The summed E-state index contributed by atoms with van der Waals surface area (Å²) in [6.07, 6.45) is 1.75. The molecule has 0 aliphatic heterocycles. The van der Waals surface area contributed by atoms with Crippen LogP contribution in [-0.2, 0) is 0 Å². The molecule has 2 aromatic carbocycles. The molecule has 4 rings (SSSR count). The first-order chi connectivity index (χ1) is 9.83. The molecule has 0 aliphatic rings. The van der Waals surface area contributed by atoms with Gasteiger partial charge in [0.05, 0.1) is 16.7 Å². The number of pyridine rings is 1. The highest BCUT2D eigenvalue weighted by atomic mass is 35.5. The number of aromatic nitrogens is 4. The number of hydrogen-bond donors (Lipinski definition) is 0. The first-order valence-corrected chi connectivity index (χ1v) is 6.56. The van der Waals surface area contributed by atoms with Crippen molar-refractivity contribution in [2.24, 2.45) is 0 Å². The van der Waals surface area contributed by atoms with E-state index in [1.165, 1.54) is 0 Å². The standard InChI is InChI=1S/C15H9ClN4/c16-10-5-6-11-13(9-10)17-8-7-14(11)20-15-4-2-1-3-12(15)18-19-20/h1-9H. The van der Waals surface area contributed by atoms with E-state index in [1.807, 2.05) is 53.2 Å². The summed E-state index contributed by atoms with van der Waals surface area (Å²) in [5, 5.41) is 10.1. The van der Waals surface area contributed by atoms with Crippen molar-refractivity contribution in [1.82, 2.24) is 20.0 Å². The molecule has 0 amide bonds. The van der Waals surface area contributed by atoms with Gasteiger partial charge in [0.25, 0.3) is 0 Å². The van der Waals surface area contributed by atoms with Gasteiger partial charge in [0, 0.05) is 16.6 Å². The quantitative estimate of drug-likeness (QED) is 0.535. The van der Waals surface area contributed by atoms with Crippen molar-refractivity contribution < 1.29 is 0 Å². The van der Waals surface area contributed by atoms with Gasteiger partial charge < -0.3 is 0 Å². The zero-order valence-electron chi connectivity index (χ0n) is 10.4. The van der Waals surface area contributed by atoms with Crippen molar-refractivity contribution >= 4 is 33.5 Å². The van der Waals surface area contributed by atoms with E-state index in [2.05, 4.69) is 15.3 Å². The van der Waals surface area contributed by atoms with Gasteiger partial charge in [0.2, 0.25) is 0 Å². The third-order valence-electron chi connectivity index (χ3n) is 3.26. The maximum absolute atomic E-state index is 6.02. The molecule has 5 heteroatoms. The van der Waals surface area contributed by atoms with Crippen molar-refractivity contribution in [3.63, 3.8) is 0 Å². The topological polar surface area (TPSA) is 43.6 Å². The lowest BCUT2D eigenvalue weighted by molar-refractivity contribution is 0.828. The molecule has 0 saturated heterocycles. The van der Waals surface area contributed by atoms with E-state index in [4.69, 9.17) is 11.6 Å². The second kappa shape index (κ2) is 4.28. The summed E-state index contributed by atoms with van der Waals surface area (Å²) in [5.74, 6) is 0. The van der Waals surface area contributed by atoms with Gasteiger partial charge in [0.1, 0.15) is 5.52 Å². The van der Waals surface area contributed by atoms with Crippen LogP contribution in [0.3, 0.4) is 0 Å². The molecular weight excluding hydrogens is 272 g/mol. The van der Waals surface area contributed by atoms with Gasteiger partial charge in [-0.1, -0.05) is 28.9 Å². The molecule has 0 atom stereocenters. The predicted octanol–water partition coefficient (Wildman–Crippen LogP) is 3.62. The van der Waals surface area contributed by atoms with Crippen LogP contribution < -0.4 is 0 Å². The van der Waals surface area contributed by atoms with Crippen LogP contribution in [0, 0.1) is 0 Å². The molecule has 96 valence electrons. The van der Waals surface area contributed by atoms with E-state index < -0.39 is 0 Å². The van der Waals surface area contributed by atoms with Crippen LogP contribution in [0.5, 0.6) is 0 Å². The summed E-state index contributed by atoms with van der Waals surface area (Å²) in [6, 6.07) is 15.5. The number of benzene rings is 2. The third kappa shape index (κ3) is 1.66. The first-order valence-electron chi connectivity index (χ1n) is 6.18. The van der Waals surface area contributed by atoms with Crippen LogP contribution in [0.2, 0.25) is 5.02 Å². The van der Waals surface area contributed by atoms with E-state index in [0.29, 0.717) is 5.02 Å². The Labute approximate surface area is 119 Å². The molecule has 0 spiro atoms. The number of hydrogen-bond acceptors (Lipinski definition) is 3. The fraction of sp³-hybridized carbons (Fsp3) is 0. The fourth-order valence-corrected chi connectivity index (χ4v) is 2.50. The second-order valence-electron chi connectivity index (χ2n) is 4.48. The molecule has 0 unspecified atom stereocenters. The molecule has 0 saturated carbocycles. The molecule has 0 radical (unpaired) electrons. The van der Waals surface area contributed by atoms with Crippen LogP contribution in [0.15, 0.2) is 54.7 Å². The summed E-state index contributed by atoms with van der Waals surface area (Å²) in [6.45, 7) is 0. The van der Waals surface area contributed by atoms with Crippen molar-refractivity contribution in [2.75, 3.05) is 0 Å². The summed E-state index contributed by atoms with van der Waals surface area (Å²) >= 11 is 6.02. The molecule has 0 bridgehead atoms.